The van der Waals surface area contributed by atoms with Crippen LogP contribution in [0.1, 0.15) is 5.56 Å². The number of carboxylic acid groups (broad SMARTS) is 2. The summed E-state index contributed by atoms with van der Waals surface area (Å²) in [5.74, 6) is -2.36. The lowest BCUT2D eigenvalue weighted by molar-refractivity contribution is -0.141. The molecule has 172 valence electrons. The predicted octanol–water partition coefficient (Wildman–Crippen LogP) is 3.53. The Balaban J connectivity index is 1.61. The van der Waals surface area contributed by atoms with Crippen molar-refractivity contribution in [2.24, 2.45) is 0 Å². The van der Waals surface area contributed by atoms with E-state index in [0.29, 0.717) is 16.8 Å². The molecule has 0 aromatic heterocycles. The van der Waals surface area contributed by atoms with Crippen LogP contribution < -0.4 is 5.06 Å². The van der Waals surface area contributed by atoms with E-state index in [1.807, 2.05) is 42.5 Å². The van der Waals surface area contributed by atoms with Gasteiger partial charge in [-0.2, -0.15) is 0 Å². The van der Waals surface area contributed by atoms with Gasteiger partial charge < -0.3 is 15.3 Å². The minimum atomic E-state index is -1.45. The van der Waals surface area contributed by atoms with Gasteiger partial charge in [-0.05, 0) is 50.7 Å². The average molecular weight is 458 g/mol. The highest BCUT2D eigenvalue weighted by atomic mass is 16.5. The number of rotatable bonds is 6. The van der Waals surface area contributed by atoms with Crippen LogP contribution in [0.15, 0.2) is 66.2 Å². The molecule has 0 aliphatic carbocycles. The Bertz CT molecular complexity index is 1480. The Kier molecular flexibility index (Phi) is 5.41. The first-order chi connectivity index (χ1) is 16.3. The number of carbonyl (C=O) groups is 2. The number of benzene rings is 4. The van der Waals surface area contributed by atoms with Crippen molar-refractivity contribution in [2.45, 2.75) is 6.23 Å². The maximum atomic E-state index is 11.1. The number of aliphatic hydroxyl groups is 1. The zero-order valence-electron chi connectivity index (χ0n) is 18.0. The molecule has 4 N–H and O–H groups in total. The van der Waals surface area contributed by atoms with Crippen molar-refractivity contribution < 1.29 is 30.1 Å². The number of hydrogen-bond acceptors (Lipinski definition) is 6. The maximum Gasteiger partial charge on any atom is 0.317 e. The average Bonchev–Trinajstić information content (AvgIpc) is 2.79. The highest BCUT2D eigenvalue weighted by molar-refractivity contribution is 6.16. The van der Waals surface area contributed by atoms with E-state index in [0.717, 1.165) is 37.4 Å². The van der Waals surface area contributed by atoms with Gasteiger partial charge in [-0.3, -0.25) is 19.7 Å². The van der Waals surface area contributed by atoms with Crippen LogP contribution in [0.3, 0.4) is 0 Å². The lowest BCUT2D eigenvalue weighted by Crippen LogP contribution is -2.43. The van der Waals surface area contributed by atoms with E-state index < -0.39 is 31.3 Å². The number of nitrogens with zero attached hydrogens (tertiary/aromatic N) is 2. The molecule has 5 rings (SSSR count). The Labute approximate surface area is 194 Å². The molecular weight excluding hydrogens is 436 g/mol. The smallest absolute Gasteiger partial charge is 0.317 e. The molecule has 0 radical (unpaired) electrons. The highest BCUT2D eigenvalue weighted by Crippen LogP contribution is 2.40. The maximum absolute atomic E-state index is 11.1. The van der Waals surface area contributed by atoms with E-state index in [-0.39, 0.29) is 6.54 Å². The first-order valence-electron chi connectivity index (χ1n) is 10.7. The largest absolute Gasteiger partial charge is 0.480 e. The van der Waals surface area contributed by atoms with Crippen LogP contribution in [-0.2, 0) is 9.59 Å². The quantitative estimate of drug-likeness (QED) is 0.256. The van der Waals surface area contributed by atoms with Crippen LogP contribution in [0, 0.1) is 0 Å². The lowest BCUT2D eigenvalue weighted by Gasteiger charge is -2.33. The summed E-state index contributed by atoms with van der Waals surface area (Å²) in [4.78, 5) is 23.5. The van der Waals surface area contributed by atoms with E-state index in [9.17, 15) is 19.9 Å². The van der Waals surface area contributed by atoms with Gasteiger partial charge in [-0.25, -0.2) is 5.06 Å². The number of fused-ring (bicyclic) bond motifs is 6. The van der Waals surface area contributed by atoms with Gasteiger partial charge in [0.2, 0.25) is 0 Å². The molecule has 0 spiro atoms. The molecule has 0 saturated heterocycles. The van der Waals surface area contributed by atoms with E-state index in [4.69, 9.17) is 10.2 Å². The zero-order valence-corrected chi connectivity index (χ0v) is 18.0. The Morgan fingerprint density at radius 1 is 0.824 bits per heavy atom. The van der Waals surface area contributed by atoms with Crippen LogP contribution in [0.4, 0.5) is 5.69 Å². The number of aliphatic carboxylic acids is 2. The minimum absolute atomic E-state index is 0.127. The van der Waals surface area contributed by atoms with Gasteiger partial charge >= 0.3 is 11.9 Å². The van der Waals surface area contributed by atoms with E-state index in [1.165, 1.54) is 4.90 Å². The van der Waals surface area contributed by atoms with Crippen molar-refractivity contribution in [2.75, 3.05) is 24.7 Å². The molecular formula is C26H22N2O6. The van der Waals surface area contributed by atoms with Crippen LogP contribution in [-0.4, -0.2) is 63.2 Å². The summed E-state index contributed by atoms with van der Waals surface area (Å²) in [6, 6.07) is 20.0. The number of hydroxylamine groups is 1. The molecule has 1 aliphatic heterocycles. The molecule has 1 aliphatic rings. The van der Waals surface area contributed by atoms with Crippen LogP contribution >= 0.6 is 0 Å². The highest BCUT2D eigenvalue weighted by Gasteiger charge is 2.29. The number of hydrogen-bond donors (Lipinski definition) is 4. The molecule has 1 unspecified atom stereocenters. The van der Waals surface area contributed by atoms with Gasteiger partial charge in [0.05, 0.1) is 18.8 Å². The fraction of sp³-hybridized carbons (Fsp3) is 0.154. The van der Waals surface area contributed by atoms with Crippen molar-refractivity contribution in [1.82, 2.24) is 4.90 Å². The molecule has 0 amide bonds. The van der Waals surface area contributed by atoms with Crippen molar-refractivity contribution in [1.29, 1.82) is 0 Å². The molecule has 0 bridgehead atoms. The number of aliphatic hydroxyl groups excluding tert-OH is 1. The molecule has 0 saturated carbocycles. The van der Waals surface area contributed by atoms with Crippen LogP contribution in [0.5, 0.6) is 0 Å². The molecule has 0 fully saturated rings. The molecule has 34 heavy (non-hydrogen) atoms. The summed E-state index contributed by atoms with van der Waals surface area (Å²) in [6.07, 6.45) is 0.225. The van der Waals surface area contributed by atoms with Gasteiger partial charge in [-0.15, -0.1) is 0 Å². The third-order valence-electron chi connectivity index (χ3n) is 6.14. The molecule has 8 nitrogen and oxygen atoms in total. The fourth-order valence-electron chi connectivity index (χ4n) is 4.69. The monoisotopic (exact) mass is 458 g/mol. The van der Waals surface area contributed by atoms with Crippen molar-refractivity contribution >= 4 is 56.0 Å². The van der Waals surface area contributed by atoms with E-state index in [2.05, 4.69) is 18.2 Å². The first kappa shape index (κ1) is 21.8. The van der Waals surface area contributed by atoms with E-state index >= 15 is 0 Å². The Morgan fingerprint density at radius 3 is 2.15 bits per heavy atom. The summed E-state index contributed by atoms with van der Waals surface area (Å²) in [5, 5.41) is 46.6. The number of anilines is 1. The van der Waals surface area contributed by atoms with Gasteiger partial charge in [0.25, 0.3) is 0 Å². The van der Waals surface area contributed by atoms with Gasteiger partial charge in [-0.1, -0.05) is 48.5 Å². The molecule has 1 atom stereocenters. The second-order valence-electron chi connectivity index (χ2n) is 8.45. The summed E-state index contributed by atoms with van der Waals surface area (Å²) in [7, 11) is 0. The van der Waals surface area contributed by atoms with Crippen molar-refractivity contribution in [3.8, 4) is 0 Å². The second kappa shape index (κ2) is 8.42. The first-order valence-corrected chi connectivity index (χ1v) is 10.7. The SMILES string of the molecule is O=C(O)CN(CC(=O)O)CC1=Cc2ccc3c(ccc4cc5ccccc5cc43)c2N(O)C1O. The summed E-state index contributed by atoms with van der Waals surface area (Å²) in [6.45, 7) is -1.14. The molecule has 1 heterocycles. The van der Waals surface area contributed by atoms with Crippen LogP contribution in [0.2, 0.25) is 0 Å². The molecule has 4 aromatic carbocycles. The minimum Gasteiger partial charge on any atom is -0.480 e. The van der Waals surface area contributed by atoms with Gasteiger partial charge in [0, 0.05) is 17.5 Å². The summed E-state index contributed by atoms with van der Waals surface area (Å²) in [5.41, 5.74) is 1.37. The normalized spacial score (nSPS) is 15.7. The van der Waals surface area contributed by atoms with E-state index in [1.54, 1.807) is 6.08 Å². The topological polar surface area (TPSA) is 122 Å². The summed E-state index contributed by atoms with van der Waals surface area (Å²) >= 11 is 0. The third-order valence-corrected chi connectivity index (χ3v) is 6.14. The standard InChI is InChI=1S/C26H22N2O6/c29-23(30)13-27(14-24(31)32)12-19-10-18-6-7-20-21(25(18)28(34)26(19)33)8-5-17-9-15-3-1-2-4-16(15)11-22(17)20/h1-11,26,33-34H,12-14H2,(H,29,30)(H,31,32). The Hall–Kier alpha value is -3.98. The van der Waals surface area contributed by atoms with Gasteiger partial charge in [0.1, 0.15) is 0 Å². The Morgan fingerprint density at radius 2 is 1.47 bits per heavy atom. The van der Waals surface area contributed by atoms with Crippen LogP contribution in [0.25, 0.3) is 38.4 Å². The number of carboxylic acids is 2. The van der Waals surface area contributed by atoms with Crippen molar-refractivity contribution in [3.63, 3.8) is 0 Å². The molecule has 4 aromatic rings. The van der Waals surface area contributed by atoms with Crippen molar-refractivity contribution in [3.05, 3.63) is 71.8 Å². The van der Waals surface area contributed by atoms with Gasteiger partial charge in [0.15, 0.2) is 6.23 Å². The summed E-state index contributed by atoms with van der Waals surface area (Å²) < 4.78 is 0. The second-order valence-corrected chi connectivity index (χ2v) is 8.45. The fourth-order valence-corrected chi connectivity index (χ4v) is 4.69. The molecule has 8 heteroatoms. The lowest BCUT2D eigenvalue weighted by atomic mass is 9.93. The third kappa shape index (κ3) is 3.84. The predicted molar refractivity (Wildman–Crippen MR) is 129 cm³/mol. The zero-order chi connectivity index (χ0) is 24.0.